The van der Waals surface area contributed by atoms with E-state index in [1.807, 2.05) is 23.6 Å². The molecule has 0 aliphatic carbocycles. The minimum atomic E-state index is -0.776. The van der Waals surface area contributed by atoms with Crippen molar-refractivity contribution in [1.29, 1.82) is 0 Å². The number of nitrogens with one attached hydrogen (secondary N) is 1. The molecule has 1 aromatic carbocycles. The number of likely N-dealkylation sites (tertiary alicyclic amines) is 1. The van der Waals surface area contributed by atoms with Crippen molar-refractivity contribution in [1.82, 2.24) is 10.3 Å². The van der Waals surface area contributed by atoms with E-state index in [9.17, 15) is 9.59 Å². The second-order valence-electron chi connectivity index (χ2n) is 6.83. The van der Waals surface area contributed by atoms with Crippen LogP contribution in [0.2, 0.25) is 0 Å². The van der Waals surface area contributed by atoms with Crippen molar-refractivity contribution in [2.75, 3.05) is 13.1 Å². The van der Waals surface area contributed by atoms with Crippen molar-refractivity contribution in [3.63, 3.8) is 0 Å². The van der Waals surface area contributed by atoms with Crippen LogP contribution in [0.15, 0.2) is 24.3 Å². The molecule has 0 aromatic heterocycles. The molecule has 1 aliphatic rings. The van der Waals surface area contributed by atoms with Crippen LogP contribution in [0.25, 0.3) is 0 Å². The molecule has 3 N–H and O–H groups in total. The maximum Gasteiger partial charge on any atom is 0.323 e. The zero-order valence-electron chi connectivity index (χ0n) is 14.0. The largest absolute Gasteiger partial charge is 0.490 e. The molecule has 2 rings (SSSR count). The number of hydrogen-bond donors (Lipinski definition) is 2. The second-order valence-corrected chi connectivity index (χ2v) is 6.83. The maximum atomic E-state index is 11.8. The standard InChI is InChI=1S/C17H25N3O3/c1-17(2,3)13-6-4-5-7-14(13)23-12-8-10-20(11-9-12)16(22)15(21)19-18/h4-7,12H,8-11,18H2,1-3H3,(H,19,21). The first-order valence-corrected chi connectivity index (χ1v) is 7.89. The van der Waals surface area contributed by atoms with Crippen LogP contribution >= 0.6 is 0 Å². The van der Waals surface area contributed by atoms with Crippen LogP contribution < -0.4 is 16.0 Å². The van der Waals surface area contributed by atoms with E-state index in [4.69, 9.17) is 10.6 Å². The first-order valence-electron chi connectivity index (χ1n) is 7.89. The third-order valence-electron chi connectivity index (χ3n) is 4.04. The molecule has 6 heteroatoms. The third-order valence-corrected chi connectivity index (χ3v) is 4.04. The highest BCUT2D eigenvalue weighted by molar-refractivity contribution is 6.34. The summed E-state index contributed by atoms with van der Waals surface area (Å²) in [5, 5.41) is 0. The fourth-order valence-corrected chi connectivity index (χ4v) is 2.75. The molecule has 0 saturated carbocycles. The number of hydrazine groups is 1. The molecular weight excluding hydrogens is 294 g/mol. The molecule has 1 aliphatic heterocycles. The van der Waals surface area contributed by atoms with Crippen molar-refractivity contribution < 1.29 is 14.3 Å². The number of para-hydroxylation sites is 1. The lowest BCUT2D eigenvalue weighted by atomic mass is 9.86. The summed E-state index contributed by atoms with van der Waals surface area (Å²) in [6.07, 6.45) is 1.44. The van der Waals surface area contributed by atoms with Crippen molar-refractivity contribution in [3.8, 4) is 5.75 Å². The molecule has 1 fully saturated rings. The van der Waals surface area contributed by atoms with Crippen molar-refractivity contribution >= 4 is 11.8 Å². The van der Waals surface area contributed by atoms with Crippen molar-refractivity contribution in [3.05, 3.63) is 29.8 Å². The number of nitrogens with zero attached hydrogens (tertiary/aromatic N) is 1. The lowest BCUT2D eigenvalue weighted by Gasteiger charge is -2.33. The Balaban J connectivity index is 1.98. The van der Waals surface area contributed by atoms with E-state index in [0.717, 1.165) is 5.75 Å². The number of piperidine rings is 1. The average molecular weight is 319 g/mol. The van der Waals surface area contributed by atoms with Gasteiger partial charge in [0.1, 0.15) is 11.9 Å². The lowest BCUT2D eigenvalue weighted by Crippen LogP contribution is -2.49. The third kappa shape index (κ3) is 4.22. The monoisotopic (exact) mass is 319 g/mol. The van der Waals surface area contributed by atoms with E-state index in [-0.39, 0.29) is 11.5 Å². The van der Waals surface area contributed by atoms with E-state index in [1.54, 1.807) is 0 Å². The maximum absolute atomic E-state index is 11.8. The van der Waals surface area contributed by atoms with Gasteiger partial charge in [-0.05, 0) is 17.0 Å². The van der Waals surface area contributed by atoms with Gasteiger partial charge in [-0.1, -0.05) is 39.0 Å². The van der Waals surface area contributed by atoms with Gasteiger partial charge in [0.25, 0.3) is 0 Å². The minimum absolute atomic E-state index is 0.00642. The van der Waals surface area contributed by atoms with Crippen LogP contribution in [0, 0.1) is 0 Å². The number of rotatable bonds is 2. The molecule has 0 radical (unpaired) electrons. The summed E-state index contributed by atoms with van der Waals surface area (Å²) in [5.41, 5.74) is 3.05. The van der Waals surface area contributed by atoms with Crippen molar-refractivity contribution in [2.24, 2.45) is 5.84 Å². The number of nitrogens with two attached hydrogens (primary N) is 1. The molecule has 23 heavy (non-hydrogen) atoms. The summed E-state index contributed by atoms with van der Waals surface area (Å²) in [6, 6.07) is 8.05. The molecule has 0 bridgehead atoms. The van der Waals surface area contributed by atoms with E-state index in [0.29, 0.717) is 25.9 Å². The van der Waals surface area contributed by atoms with Crippen LogP contribution in [0.5, 0.6) is 5.75 Å². The molecule has 126 valence electrons. The Kier molecular flexibility index (Phi) is 5.26. The fourth-order valence-electron chi connectivity index (χ4n) is 2.75. The quantitative estimate of drug-likeness (QED) is 0.373. The Bertz CT molecular complexity index is 573. The van der Waals surface area contributed by atoms with Crippen LogP contribution in [0.4, 0.5) is 0 Å². The highest BCUT2D eigenvalue weighted by Crippen LogP contribution is 2.32. The Morgan fingerprint density at radius 1 is 1.22 bits per heavy atom. The zero-order valence-corrected chi connectivity index (χ0v) is 14.0. The topological polar surface area (TPSA) is 84.7 Å². The Labute approximate surface area is 136 Å². The first-order chi connectivity index (χ1) is 10.8. The predicted octanol–water partition coefficient (Wildman–Crippen LogP) is 1.34. The second kappa shape index (κ2) is 7.00. The van der Waals surface area contributed by atoms with Crippen LogP contribution in [0.3, 0.4) is 0 Å². The molecule has 1 heterocycles. The zero-order chi connectivity index (χ0) is 17.0. The van der Waals surface area contributed by atoms with Gasteiger partial charge in [-0.2, -0.15) is 0 Å². The molecule has 0 atom stereocenters. The van der Waals surface area contributed by atoms with Crippen molar-refractivity contribution in [2.45, 2.75) is 45.1 Å². The van der Waals surface area contributed by atoms with Crippen LogP contribution in [0.1, 0.15) is 39.2 Å². The number of amides is 2. The molecule has 1 saturated heterocycles. The van der Waals surface area contributed by atoms with Gasteiger partial charge in [-0.15, -0.1) is 0 Å². The molecular formula is C17H25N3O3. The summed E-state index contributed by atoms with van der Waals surface area (Å²) in [6.45, 7) is 7.45. The summed E-state index contributed by atoms with van der Waals surface area (Å²) >= 11 is 0. The summed E-state index contributed by atoms with van der Waals surface area (Å²) < 4.78 is 6.16. The number of carbonyl (C=O) groups excluding carboxylic acids is 2. The fraction of sp³-hybridized carbons (Fsp3) is 0.529. The number of hydrogen-bond acceptors (Lipinski definition) is 4. The minimum Gasteiger partial charge on any atom is -0.490 e. The van der Waals surface area contributed by atoms with E-state index in [2.05, 4.69) is 26.8 Å². The van der Waals surface area contributed by atoms with Gasteiger partial charge in [-0.3, -0.25) is 15.0 Å². The van der Waals surface area contributed by atoms with Gasteiger partial charge in [0, 0.05) is 25.9 Å². The molecule has 1 aromatic rings. The predicted molar refractivity (Wildman–Crippen MR) is 87.7 cm³/mol. The molecule has 0 unspecified atom stereocenters. The first kappa shape index (κ1) is 17.3. The van der Waals surface area contributed by atoms with Gasteiger partial charge in [0.15, 0.2) is 0 Å². The van der Waals surface area contributed by atoms with Gasteiger partial charge in [-0.25, -0.2) is 5.84 Å². The lowest BCUT2D eigenvalue weighted by molar-refractivity contribution is -0.147. The van der Waals surface area contributed by atoms with Gasteiger partial charge in [0.2, 0.25) is 0 Å². The molecule has 0 spiro atoms. The van der Waals surface area contributed by atoms with Crippen LogP contribution in [-0.4, -0.2) is 35.9 Å². The Hall–Kier alpha value is -2.08. The summed E-state index contributed by atoms with van der Waals surface area (Å²) in [4.78, 5) is 24.6. The van der Waals surface area contributed by atoms with Gasteiger partial charge >= 0.3 is 11.8 Å². The number of benzene rings is 1. The highest BCUT2D eigenvalue weighted by atomic mass is 16.5. The van der Waals surface area contributed by atoms with E-state index in [1.165, 1.54) is 10.5 Å². The van der Waals surface area contributed by atoms with Gasteiger partial charge < -0.3 is 9.64 Å². The Morgan fingerprint density at radius 2 is 1.83 bits per heavy atom. The molecule has 2 amide bonds. The number of ether oxygens (including phenoxy) is 1. The Morgan fingerprint density at radius 3 is 2.39 bits per heavy atom. The normalized spacial score (nSPS) is 16.1. The summed E-state index contributed by atoms with van der Waals surface area (Å²) in [5.74, 6) is 4.53. The van der Waals surface area contributed by atoms with E-state index < -0.39 is 11.8 Å². The van der Waals surface area contributed by atoms with E-state index >= 15 is 0 Å². The highest BCUT2D eigenvalue weighted by Gasteiger charge is 2.28. The smallest absolute Gasteiger partial charge is 0.323 e. The van der Waals surface area contributed by atoms with Crippen LogP contribution in [-0.2, 0) is 15.0 Å². The van der Waals surface area contributed by atoms with Gasteiger partial charge in [0.05, 0.1) is 0 Å². The summed E-state index contributed by atoms with van der Waals surface area (Å²) in [7, 11) is 0. The molecule has 6 nitrogen and oxygen atoms in total. The number of carbonyl (C=O) groups is 2. The SMILES string of the molecule is CC(C)(C)c1ccccc1OC1CCN(C(=O)C(=O)NN)CC1. The average Bonchev–Trinajstić information content (AvgIpc) is 2.53.